The van der Waals surface area contributed by atoms with Gasteiger partial charge in [-0.3, -0.25) is 14.2 Å². The van der Waals surface area contributed by atoms with E-state index >= 15 is 0 Å². The molecule has 0 radical (unpaired) electrons. The summed E-state index contributed by atoms with van der Waals surface area (Å²) in [5.74, 6) is -0.774. The van der Waals surface area contributed by atoms with Crippen LogP contribution in [-0.2, 0) is 16.1 Å². The van der Waals surface area contributed by atoms with Gasteiger partial charge >= 0.3 is 5.76 Å². The van der Waals surface area contributed by atoms with E-state index in [-0.39, 0.29) is 18.2 Å². The number of carbonyl (C=O) groups is 2. The van der Waals surface area contributed by atoms with Gasteiger partial charge in [0.1, 0.15) is 6.04 Å². The fourth-order valence-corrected chi connectivity index (χ4v) is 4.36. The Kier molecular flexibility index (Phi) is 6.86. The first-order valence-electron chi connectivity index (χ1n) is 10.6. The Morgan fingerprint density at radius 3 is 2.72 bits per heavy atom. The minimum atomic E-state index is -0.539. The number of aryl methyl sites for hydroxylation is 1. The molecule has 32 heavy (non-hydrogen) atoms. The van der Waals surface area contributed by atoms with E-state index in [1.54, 1.807) is 35.2 Å². The topological polar surface area (TPSA) is 84.5 Å². The Hall–Kier alpha value is -2.77. The second-order valence-electron chi connectivity index (χ2n) is 7.81. The summed E-state index contributed by atoms with van der Waals surface area (Å²) >= 11 is 12.0. The second kappa shape index (κ2) is 9.79. The molecule has 0 spiro atoms. The zero-order chi connectivity index (χ0) is 22.7. The third-order valence-electron chi connectivity index (χ3n) is 5.66. The van der Waals surface area contributed by atoms with E-state index < -0.39 is 11.8 Å². The van der Waals surface area contributed by atoms with Crippen LogP contribution in [0, 0.1) is 0 Å². The molecule has 1 N–H and O–H groups in total. The quantitative estimate of drug-likeness (QED) is 0.559. The molecular weight excluding hydrogens is 453 g/mol. The number of amides is 2. The van der Waals surface area contributed by atoms with Crippen LogP contribution in [0.25, 0.3) is 11.1 Å². The number of carbonyl (C=O) groups excluding carboxylic acids is 2. The number of fused-ring (bicyclic) bond motifs is 1. The maximum Gasteiger partial charge on any atom is 0.419 e. The van der Waals surface area contributed by atoms with Crippen LogP contribution in [-0.4, -0.2) is 33.9 Å². The van der Waals surface area contributed by atoms with Gasteiger partial charge in [0.05, 0.1) is 15.6 Å². The Morgan fingerprint density at radius 1 is 1.09 bits per heavy atom. The summed E-state index contributed by atoms with van der Waals surface area (Å²) in [7, 11) is 0. The number of nitrogens with one attached hydrogen (secondary N) is 1. The van der Waals surface area contributed by atoms with Crippen molar-refractivity contribution in [1.82, 2.24) is 9.47 Å². The maximum absolute atomic E-state index is 12.9. The molecular formula is C23H23Cl2N3O4. The molecule has 7 nitrogen and oxygen atoms in total. The van der Waals surface area contributed by atoms with Crippen molar-refractivity contribution < 1.29 is 14.0 Å². The summed E-state index contributed by atoms with van der Waals surface area (Å²) in [6.07, 6.45) is 3.04. The van der Waals surface area contributed by atoms with Crippen LogP contribution in [0.15, 0.2) is 51.7 Å². The third-order valence-corrected chi connectivity index (χ3v) is 6.40. The molecule has 1 atom stereocenters. The molecule has 0 aliphatic carbocycles. The summed E-state index contributed by atoms with van der Waals surface area (Å²) in [4.78, 5) is 39.6. The Bertz CT molecular complexity index is 1200. The zero-order valence-corrected chi connectivity index (χ0v) is 18.9. The van der Waals surface area contributed by atoms with Crippen molar-refractivity contribution in [3.63, 3.8) is 0 Å². The van der Waals surface area contributed by atoms with Crippen molar-refractivity contribution in [3.8, 4) is 0 Å². The van der Waals surface area contributed by atoms with Crippen LogP contribution in [0.4, 0.5) is 5.69 Å². The number of hydrogen-bond acceptors (Lipinski definition) is 4. The lowest BCUT2D eigenvalue weighted by atomic mass is 10.0. The van der Waals surface area contributed by atoms with Crippen molar-refractivity contribution in [2.45, 2.75) is 44.7 Å². The molecule has 3 aromatic rings. The number of anilines is 1. The number of halogens is 2. The molecule has 1 fully saturated rings. The molecule has 0 bridgehead atoms. The first-order chi connectivity index (χ1) is 15.4. The number of benzene rings is 2. The number of oxazole rings is 1. The van der Waals surface area contributed by atoms with Gasteiger partial charge in [-0.2, -0.15) is 0 Å². The molecule has 0 saturated carbocycles. The van der Waals surface area contributed by atoms with Gasteiger partial charge in [-0.15, -0.1) is 0 Å². The first-order valence-corrected chi connectivity index (χ1v) is 11.3. The third kappa shape index (κ3) is 4.84. The highest BCUT2D eigenvalue weighted by Gasteiger charge is 2.31. The van der Waals surface area contributed by atoms with E-state index in [0.29, 0.717) is 52.8 Å². The predicted octanol–water partition coefficient (Wildman–Crippen LogP) is 4.70. The van der Waals surface area contributed by atoms with Crippen molar-refractivity contribution in [2.24, 2.45) is 0 Å². The van der Waals surface area contributed by atoms with Crippen LogP contribution in [0.5, 0.6) is 0 Å². The smallest absolute Gasteiger partial charge is 0.408 e. The second-order valence-corrected chi connectivity index (χ2v) is 8.62. The molecule has 1 unspecified atom stereocenters. The summed E-state index contributed by atoms with van der Waals surface area (Å²) in [6, 6.07) is 11.5. The van der Waals surface area contributed by atoms with Gasteiger partial charge in [0, 0.05) is 25.2 Å². The van der Waals surface area contributed by atoms with Gasteiger partial charge in [0.25, 0.3) is 0 Å². The summed E-state index contributed by atoms with van der Waals surface area (Å²) in [6.45, 7) is 0.905. The maximum atomic E-state index is 12.9. The molecule has 1 aliphatic heterocycles. The molecule has 2 amide bonds. The average molecular weight is 476 g/mol. The number of nitrogens with zero attached hydrogens (tertiary/aromatic N) is 2. The molecule has 1 aromatic heterocycles. The highest BCUT2D eigenvalue weighted by atomic mass is 35.5. The predicted molar refractivity (Wildman–Crippen MR) is 124 cm³/mol. The van der Waals surface area contributed by atoms with E-state index in [0.717, 1.165) is 12.8 Å². The first kappa shape index (κ1) is 22.4. The van der Waals surface area contributed by atoms with Crippen LogP contribution >= 0.6 is 23.2 Å². The summed E-state index contributed by atoms with van der Waals surface area (Å²) < 4.78 is 6.77. The van der Waals surface area contributed by atoms with Crippen LogP contribution in [0.1, 0.15) is 32.1 Å². The van der Waals surface area contributed by atoms with Crippen LogP contribution in [0.3, 0.4) is 0 Å². The molecule has 168 valence electrons. The van der Waals surface area contributed by atoms with Crippen molar-refractivity contribution in [1.29, 1.82) is 0 Å². The van der Waals surface area contributed by atoms with Gasteiger partial charge in [-0.25, -0.2) is 4.79 Å². The lowest BCUT2D eigenvalue weighted by molar-refractivity contribution is -0.140. The lowest BCUT2D eigenvalue weighted by Crippen LogP contribution is -2.50. The standard InChI is InChI=1S/C23H23Cl2N3O4/c24-16-11-10-15(14-17(16)25)26-22(30)19-7-3-4-12-27(19)21(29)9-5-13-28-18-6-1-2-8-20(18)32-23(28)31/h1-2,6,8,10-11,14,19H,3-5,7,9,12-13H2,(H,26,30). The summed E-state index contributed by atoms with van der Waals surface area (Å²) in [5.41, 5.74) is 1.77. The molecule has 1 aliphatic rings. The van der Waals surface area contributed by atoms with Crippen LogP contribution < -0.4 is 11.1 Å². The molecule has 2 aromatic carbocycles. The van der Waals surface area contributed by atoms with Gasteiger partial charge in [0.2, 0.25) is 11.8 Å². The monoisotopic (exact) mass is 475 g/mol. The van der Waals surface area contributed by atoms with E-state index in [4.69, 9.17) is 27.6 Å². The number of likely N-dealkylation sites (tertiary alicyclic amines) is 1. The van der Waals surface area contributed by atoms with Crippen LogP contribution in [0.2, 0.25) is 10.0 Å². The largest absolute Gasteiger partial charge is 0.419 e. The zero-order valence-electron chi connectivity index (χ0n) is 17.4. The minimum absolute atomic E-state index is 0.0974. The number of piperidine rings is 1. The lowest BCUT2D eigenvalue weighted by Gasteiger charge is -2.34. The Morgan fingerprint density at radius 2 is 1.91 bits per heavy atom. The van der Waals surface area contributed by atoms with Crippen molar-refractivity contribution >= 4 is 51.8 Å². The normalized spacial score (nSPS) is 16.3. The number of hydrogen-bond donors (Lipinski definition) is 1. The van der Waals surface area contributed by atoms with E-state index in [1.807, 2.05) is 12.1 Å². The highest BCUT2D eigenvalue weighted by Crippen LogP contribution is 2.26. The minimum Gasteiger partial charge on any atom is -0.408 e. The average Bonchev–Trinajstić information content (AvgIpc) is 3.11. The van der Waals surface area contributed by atoms with Gasteiger partial charge < -0.3 is 14.6 Å². The molecule has 4 rings (SSSR count). The molecule has 9 heteroatoms. The van der Waals surface area contributed by atoms with Gasteiger partial charge in [-0.05, 0) is 56.0 Å². The Balaban J connectivity index is 1.38. The molecule has 1 saturated heterocycles. The summed E-state index contributed by atoms with van der Waals surface area (Å²) in [5, 5.41) is 3.59. The number of para-hydroxylation sites is 2. The number of aromatic nitrogens is 1. The van der Waals surface area contributed by atoms with E-state index in [2.05, 4.69) is 5.32 Å². The molecule has 2 heterocycles. The van der Waals surface area contributed by atoms with Gasteiger partial charge in [0.15, 0.2) is 5.58 Å². The highest BCUT2D eigenvalue weighted by molar-refractivity contribution is 6.42. The Labute approximate surface area is 194 Å². The fraction of sp³-hybridized carbons (Fsp3) is 0.348. The van der Waals surface area contributed by atoms with E-state index in [9.17, 15) is 14.4 Å². The van der Waals surface area contributed by atoms with Gasteiger partial charge in [-0.1, -0.05) is 35.3 Å². The SMILES string of the molecule is O=C(Nc1ccc(Cl)c(Cl)c1)C1CCCCN1C(=O)CCCn1c(=O)oc2ccccc21. The van der Waals surface area contributed by atoms with Crippen molar-refractivity contribution in [2.75, 3.05) is 11.9 Å². The van der Waals surface area contributed by atoms with Crippen molar-refractivity contribution in [3.05, 3.63) is 63.1 Å². The fourth-order valence-electron chi connectivity index (χ4n) is 4.06. The number of rotatable bonds is 6. The van der Waals surface area contributed by atoms with E-state index in [1.165, 1.54) is 4.57 Å².